The SMILES string of the molecule is CNC(CS(C)=O)c1cc(C)ccc1C. The average Bonchev–Trinajstić information content (AvgIpc) is 2.18. The molecule has 3 heteroatoms. The van der Waals surface area contributed by atoms with Crippen molar-refractivity contribution < 1.29 is 4.21 Å². The highest BCUT2D eigenvalue weighted by molar-refractivity contribution is 7.84. The van der Waals surface area contributed by atoms with Crippen LogP contribution in [0.25, 0.3) is 0 Å². The number of nitrogens with one attached hydrogen (secondary N) is 1. The van der Waals surface area contributed by atoms with E-state index in [1.165, 1.54) is 16.7 Å². The summed E-state index contributed by atoms with van der Waals surface area (Å²) in [5.41, 5.74) is 3.76. The Morgan fingerprint density at radius 1 is 1.40 bits per heavy atom. The molecule has 0 heterocycles. The molecule has 0 aliphatic heterocycles. The van der Waals surface area contributed by atoms with Gasteiger partial charge in [-0.25, -0.2) is 0 Å². The van der Waals surface area contributed by atoms with Gasteiger partial charge in [-0.1, -0.05) is 23.8 Å². The number of rotatable bonds is 4. The van der Waals surface area contributed by atoms with Gasteiger partial charge >= 0.3 is 0 Å². The third-order valence-corrected chi connectivity index (χ3v) is 3.36. The zero-order valence-electron chi connectivity index (χ0n) is 9.83. The summed E-state index contributed by atoms with van der Waals surface area (Å²) in [5.74, 6) is 0.667. The lowest BCUT2D eigenvalue weighted by atomic mass is 10.0. The van der Waals surface area contributed by atoms with Gasteiger partial charge in [-0.05, 0) is 32.0 Å². The summed E-state index contributed by atoms with van der Waals surface area (Å²) in [6.07, 6.45) is 1.75. The number of hydrogen-bond donors (Lipinski definition) is 1. The second-order valence-corrected chi connectivity index (χ2v) is 5.42. The van der Waals surface area contributed by atoms with Crippen molar-refractivity contribution in [3.63, 3.8) is 0 Å². The van der Waals surface area contributed by atoms with Gasteiger partial charge in [0, 0.05) is 28.9 Å². The Morgan fingerprint density at radius 2 is 2.07 bits per heavy atom. The van der Waals surface area contributed by atoms with Gasteiger partial charge < -0.3 is 5.32 Å². The van der Waals surface area contributed by atoms with Crippen LogP contribution in [0.1, 0.15) is 22.7 Å². The van der Waals surface area contributed by atoms with Crippen LogP contribution in [-0.2, 0) is 10.8 Å². The van der Waals surface area contributed by atoms with Gasteiger partial charge in [0.2, 0.25) is 0 Å². The molecule has 0 aliphatic carbocycles. The molecule has 2 nitrogen and oxygen atoms in total. The minimum absolute atomic E-state index is 0.190. The molecule has 0 saturated heterocycles. The first-order valence-electron chi connectivity index (χ1n) is 5.09. The highest BCUT2D eigenvalue weighted by atomic mass is 32.2. The average molecular weight is 225 g/mol. The van der Waals surface area contributed by atoms with E-state index in [2.05, 4.69) is 37.4 Å². The van der Waals surface area contributed by atoms with Crippen LogP contribution in [0.4, 0.5) is 0 Å². The van der Waals surface area contributed by atoms with Crippen LogP contribution in [-0.4, -0.2) is 23.3 Å². The van der Waals surface area contributed by atoms with Gasteiger partial charge in [-0.15, -0.1) is 0 Å². The maximum absolute atomic E-state index is 11.3. The lowest BCUT2D eigenvalue weighted by Crippen LogP contribution is -2.23. The molecule has 0 bridgehead atoms. The molecule has 0 spiro atoms. The van der Waals surface area contributed by atoms with E-state index in [0.717, 1.165) is 0 Å². The number of benzene rings is 1. The summed E-state index contributed by atoms with van der Waals surface area (Å²) in [7, 11) is 1.14. The molecule has 0 amide bonds. The lowest BCUT2D eigenvalue weighted by molar-refractivity contribution is 0.635. The fourth-order valence-electron chi connectivity index (χ4n) is 1.70. The van der Waals surface area contributed by atoms with Crippen LogP contribution in [0, 0.1) is 13.8 Å². The van der Waals surface area contributed by atoms with Crippen LogP contribution in [0.5, 0.6) is 0 Å². The molecule has 0 aromatic heterocycles. The van der Waals surface area contributed by atoms with Crippen molar-refractivity contribution in [2.75, 3.05) is 19.1 Å². The second-order valence-electron chi connectivity index (χ2n) is 3.94. The van der Waals surface area contributed by atoms with E-state index < -0.39 is 10.8 Å². The zero-order valence-corrected chi connectivity index (χ0v) is 10.6. The minimum atomic E-state index is -0.773. The molecular weight excluding hydrogens is 206 g/mol. The molecule has 0 fully saturated rings. The molecule has 0 saturated carbocycles. The van der Waals surface area contributed by atoms with E-state index in [9.17, 15) is 4.21 Å². The molecule has 15 heavy (non-hydrogen) atoms. The van der Waals surface area contributed by atoms with E-state index in [1.807, 2.05) is 7.05 Å². The molecular formula is C12H19NOS. The molecule has 1 rings (SSSR count). The highest BCUT2D eigenvalue weighted by Gasteiger charge is 2.13. The van der Waals surface area contributed by atoms with Crippen LogP contribution >= 0.6 is 0 Å². The third-order valence-electron chi connectivity index (χ3n) is 2.56. The smallest absolute Gasteiger partial charge is 0.0437 e. The van der Waals surface area contributed by atoms with Crippen LogP contribution in [0.15, 0.2) is 18.2 Å². The van der Waals surface area contributed by atoms with E-state index in [-0.39, 0.29) is 6.04 Å². The van der Waals surface area contributed by atoms with Crippen molar-refractivity contribution >= 4 is 10.8 Å². The first-order valence-corrected chi connectivity index (χ1v) is 6.81. The Morgan fingerprint density at radius 3 is 2.60 bits per heavy atom. The van der Waals surface area contributed by atoms with Gasteiger partial charge in [0.25, 0.3) is 0 Å². The van der Waals surface area contributed by atoms with Crippen molar-refractivity contribution in [2.45, 2.75) is 19.9 Å². The molecule has 2 atom stereocenters. The molecule has 0 aliphatic rings. The molecule has 1 N–H and O–H groups in total. The summed E-state index contributed by atoms with van der Waals surface area (Å²) in [6.45, 7) is 4.18. The highest BCUT2D eigenvalue weighted by Crippen LogP contribution is 2.19. The monoisotopic (exact) mass is 225 g/mol. The largest absolute Gasteiger partial charge is 0.312 e. The number of hydrogen-bond acceptors (Lipinski definition) is 2. The van der Waals surface area contributed by atoms with Crippen molar-refractivity contribution in [3.8, 4) is 0 Å². The molecule has 2 unspecified atom stereocenters. The van der Waals surface area contributed by atoms with Crippen molar-refractivity contribution in [1.82, 2.24) is 5.32 Å². The van der Waals surface area contributed by atoms with Crippen LogP contribution in [0.2, 0.25) is 0 Å². The summed E-state index contributed by atoms with van der Waals surface area (Å²) in [5, 5.41) is 3.22. The van der Waals surface area contributed by atoms with Gasteiger partial charge in [-0.3, -0.25) is 4.21 Å². The summed E-state index contributed by atoms with van der Waals surface area (Å²) in [4.78, 5) is 0. The van der Waals surface area contributed by atoms with E-state index in [0.29, 0.717) is 5.75 Å². The number of aryl methyl sites for hydroxylation is 2. The predicted molar refractivity (Wildman–Crippen MR) is 66.7 cm³/mol. The Balaban J connectivity index is 3.00. The van der Waals surface area contributed by atoms with Crippen LogP contribution < -0.4 is 5.32 Å². The van der Waals surface area contributed by atoms with Gasteiger partial charge in [0.05, 0.1) is 0 Å². The van der Waals surface area contributed by atoms with Gasteiger partial charge in [0.15, 0.2) is 0 Å². The Bertz CT molecular complexity index is 363. The van der Waals surface area contributed by atoms with Crippen molar-refractivity contribution in [2.24, 2.45) is 0 Å². The van der Waals surface area contributed by atoms with Crippen LogP contribution in [0.3, 0.4) is 0 Å². The molecule has 1 aromatic rings. The third kappa shape index (κ3) is 3.43. The predicted octanol–water partition coefficient (Wildman–Crippen LogP) is 1.94. The van der Waals surface area contributed by atoms with E-state index in [4.69, 9.17) is 0 Å². The zero-order chi connectivity index (χ0) is 11.4. The Hall–Kier alpha value is -0.670. The fraction of sp³-hybridized carbons (Fsp3) is 0.500. The van der Waals surface area contributed by atoms with E-state index >= 15 is 0 Å². The summed E-state index contributed by atoms with van der Waals surface area (Å²) >= 11 is 0. The van der Waals surface area contributed by atoms with Gasteiger partial charge in [0.1, 0.15) is 0 Å². The standard InChI is InChI=1S/C12H19NOS/c1-9-5-6-10(2)11(7-9)12(13-3)8-15(4)14/h5-7,12-13H,8H2,1-4H3. The summed E-state index contributed by atoms with van der Waals surface area (Å²) < 4.78 is 11.3. The normalized spacial score (nSPS) is 14.9. The summed E-state index contributed by atoms with van der Waals surface area (Å²) in [6, 6.07) is 6.58. The first-order chi connectivity index (χ1) is 7.04. The maximum Gasteiger partial charge on any atom is 0.0437 e. The Kier molecular flexibility index (Phi) is 4.48. The molecule has 0 radical (unpaired) electrons. The van der Waals surface area contributed by atoms with E-state index in [1.54, 1.807) is 6.26 Å². The fourth-order valence-corrected chi connectivity index (χ4v) is 2.51. The second kappa shape index (κ2) is 5.42. The first kappa shape index (κ1) is 12.4. The van der Waals surface area contributed by atoms with Crippen molar-refractivity contribution in [1.29, 1.82) is 0 Å². The topological polar surface area (TPSA) is 29.1 Å². The van der Waals surface area contributed by atoms with Crippen molar-refractivity contribution in [3.05, 3.63) is 34.9 Å². The van der Waals surface area contributed by atoms with Gasteiger partial charge in [-0.2, -0.15) is 0 Å². The minimum Gasteiger partial charge on any atom is -0.312 e. The quantitative estimate of drug-likeness (QED) is 0.848. The molecule has 1 aromatic carbocycles. The lowest BCUT2D eigenvalue weighted by Gasteiger charge is -2.18. The Labute approximate surface area is 94.5 Å². The molecule has 84 valence electrons. The maximum atomic E-state index is 11.3.